The number of nitrogens with one attached hydrogen (secondary N) is 2. The van der Waals surface area contributed by atoms with Gasteiger partial charge in [0, 0.05) is 4.88 Å². The number of anilines is 1. The van der Waals surface area contributed by atoms with Crippen molar-refractivity contribution in [1.82, 2.24) is 15.2 Å². The van der Waals surface area contributed by atoms with Gasteiger partial charge in [0.05, 0.1) is 24.2 Å². The number of fused-ring (bicyclic) bond motifs is 1. The molecule has 0 aliphatic heterocycles. The summed E-state index contributed by atoms with van der Waals surface area (Å²) in [7, 11) is 0. The molecule has 2 N–H and O–H groups in total. The predicted octanol–water partition coefficient (Wildman–Crippen LogP) is 3.52. The fourth-order valence-corrected chi connectivity index (χ4v) is 4.93. The molecule has 1 aliphatic rings. The lowest BCUT2D eigenvalue weighted by atomic mass is 10.1. The predicted molar refractivity (Wildman–Crippen MR) is 106 cm³/mol. The van der Waals surface area contributed by atoms with Crippen LogP contribution in [0.1, 0.15) is 34.1 Å². The van der Waals surface area contributed by atoms with Gasteiger partial charge in [-0.3, -0.25) is 9.89 Å². The van der Waals surface area contributed by atoms with Crippen molar-refractivity contribution in [3.05, 3.63) is 34.4 Å². The van der Waals surface area contributed by atoms with E-state index < -0.39 is 0 Å². The Morgan fingerprint density at radius 1 is 1.43 bits per heavy atom. The summed E-state index contributed by atoms with van der Waals surface area (Å²) < 4.78 is 10.4. The number of furan rings is 1. The van der Waals surface area contributed by atoms with E-state index in [0.717, 1.165) is 29.7 Å². The van der Waals surface area contributed by atoms with Crippen LogP contribution in [-0.2, 0) is 22.4 Å². The van der Waals surface area contributed by atoms with Crippen molar-refractivity contribution in [3.8, 4) is 11.6 Å². The van der Waals surface area contributed by atoms with Crippen molar-refractivity contribution >= 4 is 40.0 Å². The number of thiophene rings is 1. The molecule has 8 nitrogen and oxygen atoms in total. The summed E-state index contributed by atoms with van der Waals surface area (Å²) in [5.74, 6) is 0.616. The lowest BCUT2D eigenvalue weighted by Gasteiger charge is -2.07. The summed E-state index contributed by atoms with van der Waals surface area (Å²) in [4.78, 5) is 30.2. The summed E-state index contributed by atoms with van der Waals surface area (Å²) in [6, 6.07) is 3.53. The van der Waals surface area contributed by atoms with Crippen LogP contribution in [0.15, 0.2) is 28.0 Å². The van der Waals surface area contributed by atoms with Gasteiger partial charge in [-0.2, -0.15) is 4.98 Å². The highest BCUT2D eigenvalue weighted by Crippen LogP contribution is 2.39. The molecule has 0 spiro atoms. The van der Waals surface area contributed by atoms with Crippen LogP contribution in [0.3, 0.4) is 0 Å². The standard InChI is InChI=1S/C18H18N4O4S2/c1-2-25-17(24)14-10-5-3-7-12(10)28-16(14)19-13(23)9-27-18-20-15(21-22-18)11-6-4-8-26-11/h4,6,8H,2-3,5,7,9H2,1H3,(H,19,23)(H,20,21,22). The summed E-state index contributed by atoms with van der Waals surface area (Å²) in [5, 5.41) is 10.7. The summed E-state index contributed by atoms with van der Waals surface area (Å²) in [6.45, 7) is 2.07. The zero-order valence-corrected chi connectivity index (χ0v) is 16.7. The molecule has 1 amide bonds. The SMILES string of the molecule is CCOC(=O)c1c(NC(=O)CSc2n[nH]c(-c3ccco3)n2)sc2c1CCC2. The highest BCUT2D eigenvalue weighted by Gasteiger charge is 2.28. The van der Waals surface area contributed by atoms with Crippen LogP contribution in [0.5, 0.6) is 0 Å². The van der Waals surface area contributed by atoms with Crippen LogP contribution < -0.4 is 5.32 Å². The monoisotopic (exact) mass is 418 g/mol. The van der Waals surface area contributed by atoms with Crippen LogP contribution in [0.4, 0.5) is 5.00 Å². The summed E-state index contributed by atoms with van der Waals surface area (Å²) in [6.07, 6.45) is 4.36. The lowest BCUT2D eigenvalue weighted by Crippen LogP contribution is -2.16. The Balaban J connectivity index is 1.41. The van der Waals surface area contributed by atoms with Gasteiger partial charge >= 0.3 is 5.97 Å². The van der Waals surface area contributed by atoms with Gasteiger partial charge in [0.1, 0.15) is 5.00 Å². The molecule has 0 unspecified atom stereocenters. The molecule has 146 valence electrons. The Morgan fingerprint density at radius 2 is 2.32 bits per heavy atom. The largest absolute Gasteiger partial charge is 0.462 e. The molecule has 4 rings (SSSR count). The molecule has 10 heteroatoms. The van der Waals surface area contributed by atoms with Crippen LogP contribution in [0, 0.1) is 0 Å². The van der Waals surface area contributed by atoms with E-state index in [0.29, 0.717) is 33.9 Å². The van der Waals surface area contributed by atoms with Crippen molar-refractivity contribution in [1.29, 1.82) is 0 Å². The van der Waals surface area contributed by atoms with Crippen molar-refractivity contribution in [2.75, 3.05) is 17.7 Å². The molecule has 28 heavy (non-hydrogen) atoms. The quantitative estimate of drug-likeness (QED) is 0.446. The zero-order valence-electron chi connectivity index (χ0n) is 15.1. The number of rotatable bonds is 7. The lowest BCUT2D eigenvalue weighted by molar-refractivity contribution is -0.113. The fraction of sp³-hybridized carbons (Fsp3) is 0.333. The highest BCUT2D eigenvalue weighted by molar-refractivity contribution is 7.99. The first kappa shape index (κ1) is 18.8. The second-order valence-electron chi connectivity index (χ2n) is 6.06. The van der Waals surface area contributed by atoms with E-state index in [1.165, 1.54) is 23.1 Å². The number of ether oxygens (including phenoxy) is 1. The number of aryl methyl sites for hydroxylation is 1. The Bertz CT molecular complexity index is 994. The number of esters is 1. The molecule has 0 atom stereocenters. The Morgan fingerprint density at radius 3 is 3.11 bits per heavy atom. The van der Waals surface area contributed by atoms with Crippen LogP contribution in [0.2, 0.25) is 0 Å². The fourth-order valence-electron chi connectivity index (χ4n) is 3.04. The second-order valence-corrected chi connectivity index (χ2v) is 8.11. The normalized spacial score (nSPS) is 12.8. The molecule has 3 aromatic heterocycles. The molecule has 0 fully saturated rings. The van der Waals surface area contributed by atoms with Crippen LogP contribution >= 0.6 is 23.1 Å². The van der Waals surface area contributed by atoms with Gasteiger partial charge in [0.15, 0.2) is 11.6 Å². The van der Waals surface area contributed by atoms with E-state index in [1.807, 2.05) is 0 Å². The van der Waals surface area contributed by atoms with Gasteiger partial charge in [-0.15, -0.1) is 16.4 Å². The average Bonchev–Trinajstić information content (AvgIpc) is 3.43. The third-order valence-electron chi connectivity index (χ3n) is 4.21. The maximum absolute atomic E-state index is 12.4. The number of aromatic amines is 1. The van der Waals surface area contributed by atoms with Gasteiger partial charge in [-0.25, -0.2) is 4.79 Å². The van der Waals surface area contributed by atoms with E-state index in [-0.39, 0.29) is 17.6 Å². The Kier molecular flexibility index (Phi) is 5.49. The smallest absolute Gasteiger partial charge is 0.341 e. The van der Waals surface area contributed by atoms with Crippen LogP contribution in [-0.4, -0.2) is 39.4 Å². The third kappa shape index (κ3) is 3.83. The number of thioether (sulfide) groups is 1. The Hall–Kier alpha value is -2.59. The maximum atomic E-state index is 12.4. The molecule has 1 aliphatic carbocycles. The highest BCUT2D eigenvalue weighted by atomic mass is 32.2. The number of aromatic nitrogens is 3. The molecule has 0 radical (unpaired) electrons. The van der Waals surface area contributed by atoms with Gasteiger partial charge in [0.25, 0.3) is 0 Å². The minimum Gasteiger partial charge on any atom is -0.462 e. The molecule has 0 aromatic carbocycles. The van der Waals surface area contributed by atoms with Crippen molar-refractivity contribution < 1.29 is 18.7 Å². The van der Waals surface area contributed by atoms with E-state index >= 15 is 0 Å². The summed E-state index contributed by atoms with van der Waals surface area (Å²) >= 11 is 2.67. The average molecular weight is 419 g/mol. The number of amides is 1. The first-order valence-electron chi connectivity index (χ1n) is 8.86. The van der Waals surface area contributed by atoms with Gasteiger partial charge in [-0.05, 0) is 43.9 Å². The van der Waals surface area contributed by atoms with Gasteiger partial charge < -0.3 is 14.5 Å². The maximum Gasteiger partial charge on any atom is 0.341 e. The minimum absolute atomic E-state index is 0.125. The number of hydrogen-bond acceptors (Lipinski definition) is 8. The van der Waals surface area contributed by atoms with Crippen molar-refractivity contribution in [2.45, 2.75) is 31.3 Å². The van der Waals surface area contributed by atoms with E-state index in [9.17, 15) is 9.59 Å². The zero-order chi connectivity index (χ0) is 19.5. The Labute approximate surface area is 169 Å². The topological polar surface area (TPSA) is 110 Å². The second kappa shape index (κ2) is 8.19. The van der Waals surface area contributed by atoms with E-state index in [4.69, 9.17) is 9.15 Å². The number of nitrogens with zero attached hydrogens (tertiary/aromatic N) is 2. The number of hydrogen-bond donors (Lipinski definition) is 2. The molecular formula is C18H18N4O4S2. The first-order valence-corrected chi connectivity index (χ1v) is 10.7. The molecule has 3 aromatic rings. The number of H-pyrrole nitrogens is 1. The summed E-state index contributed by atoms with van der Waals surface area (Å²) in [5.41, 5.74) is 1.53. The molecular weight excluding hydrogens is 400 g/mol. The number of carbonyl (C=O) groups is 2. The number of carbonyl (C=O) groups excluding carboxylic acids is 2. The van der Waals surface area contributed by atoms with Gasteiger partial charge in [0.2, 0.25) is 11.1 Å². The molecule has 0 saturated heterocycles. The van der Waals surface area contributed by atoms with Crippen molar-refractivity contribution in [3.63, 3.8) is 0 Å². The van der Waals surface area contributed by atoms with Crippen LogP contribution in [0.25, 0.3) is 11.6 Å². The minimum atomic E-state index is -0.373. The third-order valence-corrected chi connectivity index (χ3v) is 6.26. The molecule has 0 bridgehead atoms. The van der Waals surface area contributed by atoms with Crippen molar-refractivity contribution in [2.24, 2.45) is 0 Å². The van der Waals surface area contributed by atoms with Gasteiger partial charge in [-0.1, -0.05) is 11.8 Å². The first-order chi connectivity index (χ1) is 13.7. The molecule has 3 heterocycles. The molecule has 0 saturated carbocycles. The van der Waals surface area contributed by atoms with E-state index in [2.05, 4.69) is 20.5 Å². The van der Waals surface area contributed by atoms with E-state index in [1.54, 1.807) is 25.3 Å².